The number of aromatic nitrogens is 1. The summed E-state index contributed by atoms with van der Waals surface area (Å²) in [5.41, 5.74) is -1.42. The molecule has 1 atom stereocenters. The molecule has 1 fully saturated rings. The number of piperazine rings is 1. The largest absolute Gasteiger partial charge is 0.444 e. The Hall–Kier alpha value is -2.04. The minimum Gasteiger partial charge on any atom is -0.444 e. The average Bonchev–Trinajstić information content (AvgIpc) is 3.17. The van der Waals surface area contributed by atoms with E-state index in [0.717, 1.165) is 16.7 Å². The Morgan fingerprint density at radius 3 is 2.74 bits per heavy atom. The number of thiazole rings is 1. The molecule has 3 heterocycles. The van der Waals surface area contributed by atoms with Gasteiger partial charge in [0.25, 0.3) is 0 Å². The number of nitrogens with one attached hydrogen (secondary N) is 1. The maximum Gasteiger partial charge on any atom is 0.434 e. The Bertz CT molecular complexity index is 728. The van der Waals surface area contributed by atoms with Gasteiger partial charge >= 0.3 is 12.3 Å². The number of ether oxygens (including phenoxy) is 1. The van der Waals surface area contributed by atoms with Gasteiger partial charge in [0.1, 0.15) is 10.6 Å². The summed E-state index contributed by atoms with van der Waals surface area (Å²) < 4.78 is 43.3. The van der Waals surface area contributed by atoms with Gasteiger partial charge in [-0.2, -0.15) is 13.2 Å². The van der Waals surface area contributed by atoms with Crippen molar-refractivity contribution in [3.8, 4) is 0 Å². The summed E-state index contributed by atoms with van der Waals surface area (Å²) >= 11 is 0.962. The van der Waals surface area contributed by atoms with Gasteiger partial charge < -0.3 is 19.9 Å². The van der Waals surface area contributed by atoms with Gasteiger partial charge in [-0.15, -0.1) is 11.3 Å². The summed E-state index contributed by atoms with van der Waals surface area (Å²) in [6, 6.07) is 0.0378. The predicted molar refractivity (Wildman–Crippen MR) is 94.6 cm³/mol. The number of carbonyl (C=O) groups excluding carboxylic acids is 1. The van der Waals surface area contributed by atoms with Crippen LogP contribution in [-0.4, -0.2) is 64.7 Å². The molecule has 0 bridgehead atoms. The van der Waals surface area contributed by atoms with Crippen molar-refractivity contribution in [2.45, 2.75) is 45.1 Å². The molecule has 0 radical (unpaired) electrons. The molecule has 27 heavy (non-hydrogen) atoms. The number of fused-ring (bicyclic) bond motifs is 1. The number of amides is 1. The Labute approximate surface area is 159 Å². The molecule has 0 saturated carbocycles. The van der Waals surface area contributed by atoms with E-state index in [1.807, 2.05) is 25.7 Å². The van der Waals surface area contributed by atoms with E-state index in [-0.39, 0.29) is 18.7 Å². The lowest BCUT2D eigenvalue weighted by atomic mass is 10.2. The van der Waals surface area contributed by atoms with Gasteiger partial charge in [0.2, 0.25) is 0 Å². The first-order chi connectivity index (χ1) is 12.5. The van der Waals surface area contributed by atoms with Crippen molar-refractivity contribution < 1.29 is 22.7 Å². The normalized spacial score (nSPS) is 20.4. The fourth-order valence-corrected chi connectivity index (χ4v) is 3.64. The third kappa shape index (κ3) is 4.82. The zero-order chi connectivity index (χ0) is 19.8. The van der Waals surface area contributed by atoms with Crippen molar-refractivity contribution in [2.24, 2.45) is 4.99 Å². The standard InChI is InChI=1S/C16H22F3N5O2S/c1-15(2,3)26-14(25)23-4-5-24-10(8-23)6-20-13(24)21-7-12-22-11(9-27-12)16(17,18)19/h9-10H,4-8H2,1-3H3,(H,20,21). The highest BCUT2D eigenvalue weighted by molar-refractivity contribution is 7.09. The Morgan fingerprint density at radius 2 is 2.11 bits per heavy atom. The van der Waals surface area contributed by atoms with E-state index >= 15 is 0 Å². The van der Waals surface area contributed by atoms with Crippen molar-refractivity contribution in [2.75, 3.05) is 26.2 Å². The average molecular weight is 405 g/mol. The molecule has 1 aromatic heterocycles. The highest BCUT2D eigenvalue weighted by atomic mass is 32.1. The van der Waals surface area contributed by atoms with Gasteiger partial charge in [0.05, 0.1) is 19.1 Å². The molecule has 2 aliphatic heterocycles. The number of hydrogen-bond donors (Lipinski definition) is 1. The molecule has 1 N–H and O–H groups in total. The number of rotatable bonds is 2. The van der Waals surface area contributed by atoms with Crippen LogP contribution in [0, 0.1) is 0 Å². The first kappa shape index (κ1) is 19.7. The number of halogens is 3. The van der Waals surface area contributed by atoms with Crippen LogP contribution < -0.4 is 5.32 Å². The van der Waals surface area contributed by atoms with Crippen LogP contribution in [-0.2, 0) is 17.5 Å². The van der Waals surface area contributed by atoms with Gasteiger partial charge in [-0.05, 0) is 20.8 Å². The smallest absolute Gasteiger partial charge is 0.434 e. The lowest BCUT2D eigenvalue weighted by molar-refractivity contribution is -0.140. The van der Waals surface area contributed by atoms with Crippen LogP contribution >= 0.6 is 11.3 Å². The second-order valence-corrected chi connectivity index (χ2v) is 8.36. The summed E-state index contributed by atoms with van der Waals surface area (Å²) in [5.74, 6) is 0.632. The maximum absolute atomic E-state index is 12.6. The van der Waals surface area contributed by atoms with E-state index in [1.165, 1.54) is 0 Å². The first-order valence-corrected chi connectivity index (χ1v) is 9.45. The zero-order valence-electron chi connectivity index (χ0n) is 15.3. The molecule has 0 aliphatic carbocycles. The van der Waals surface area contributed by atoms with Crippen molar-refractivity contribution >= 4 is 23.4 Å². The molecule has 3 rings (SSSR count). The summed E-state index contributed by atoms with van der Waals surface area (Å²) in [5, 5.41) is 4.42. The van der Waals surface area contributed by atoms with Crippen LogP contribution in [0.4, 0.5) is 18.0 Å². The lowest BCUT2D eigenvalue weighted by Gasteiger charge is -2.39. The van der Waals surface area contributed by atoms with Crippen LogP contribution in [0.5, 0.6) is 0 Å². The molecule has 1 amide bonds. The van der Waals surface area contributed by atoms with Gasteiger partial charge in [-0.1, -0.05) is 0 Å². The molecular formula is C16H22F3N5O2S. The quantitative estimate of drug-likeness (QED) is 0.819. The Balaban J connectivity index is 1.52. The number of carbonyl (C=O) groups is 1. The Morgan fingerprint density at radius 1 is 1.37 bits per heavy atom. The summed E-state index contributed by atoms with van der Waals surface area (Å²) in [6.45, 7) is 7.76. The van der Waals surface area contributed by atoms with Crippen LogP contribution in [0.25, 0.3) is 0 Å². The highest BCUT2D eigenvalue weighted by Crippen LogP contribution is 2.30. The van der Waals surface area contributed by atoms with Gasteiger partial charge in [-0.3, -0.25) is 4.99 Å². The molecule has 1 unspecified atom stereocenters. The minimum absolute atomic E-state index is 0.0378. The molecule has 2 aliphatic rings. The number of aliphatic imine (C=N–C) groups is 1. The fourth-order valence-electron chi connectivity index (χ4n) is 2.90. The summed E-state index contributed by atoms with van der Waals surface area (Å²) in [7, 11) is 0. The van der Waals surface area contributed by atoms with Gasteiger partial charge in [0, 0.05) is 25.0 Å². The van der Waals surface area contributed by atoms with E-state index in [0.29, 0.717) is 37.1 Å². The van der Waals surface area contributed by atoms with Crippen molar-refractivity contribution in [3.05, 3.63) is 16.1 Å². The van der Waals surface area contributed by atoms with E-state index in [2.05, 4.69) is 15.3 Å². The number of hydrogen-bond acceptors (Lipinski definition) is 7. The third-order valence-corrected chi connectivity index (χ3v) is 4.95. The van der Waals surface area contributed by atoms with Crippen molar-refractivity contribution in [1.82, 2.24) is 20.1 Å². The van der Waals surface area contributed by atoms with E-state index in [4.69, 9.17) is 4.74 Å². The van der Waals surface area contributed by atoms with Gasteiger partial charge in [0.15, 0.2) is 11.7 Å². The molecule has 1 aromatic rings. The summed E-state index contributed by atoms with van der Waals surface area (Å²) in [6.07, 6.45) is -4.77. The third-order valence-electron chi connectivity index (χ3n) is 4.10. The van der Waals surface area contributed by atoms with E-state index in [1.54, 1.807) is 4.90 Å². The molecule has 150 valence electrons. The predicted octanol–water partition coefficient (Wildman–Crippen LogP) is 2.54. The molecule has 11 heteroatoms. The highest BCUT2D eigenvalue weighted by Gasteiger charge is 2.37. The second kappa shape index (κ2) is 7.17. The molecule has 7 nitrogen and oxygen atoms in total. The monoisotopic (exact) mass is 405 g/mol. The summed E-state index contributed by atoms with van der Waals surface area (Å²) in [4.78, 5) is 24.0. The van der Waals surface area contributed by atoms with Gasteiger partial charge in [-0.25, -0.2) is 9.78 Å². The number of guanidine groups is 1. The van der Waals surface area contributed by atoms with E-state index in [9.17, 15) is 18.0 Å². The topological polar surface area (TPSA) is 70.1 Å². The lowest BCUT2D eigenvalue weighted by Crippen LogP contribution is -2.57. The van der Waals surface area contributed by atoms with Crippen LogP contribution in [0.1, 0.15) is 31.5 Å². The van der Waals surface area contributed by atoms with Crippen LogP contribution in [0.15, 0.2) is 10.4 Å². The van der Waals surface area contributed by atoms with E-state index < -0.39 is 17.5 Å². The zero-order valence-corrected chi connectivity index (χ0v) is 16.2. The minimum atomic E-state index is -4.43. The fraction of sp³-hybridized carbons (Fsp3) is 0.688. The maximum atomic E-state index is 12.6. The SMILES string of the molecule is CC(C)(C)OC(=O)N1CCN2C(NCc3nc(C(F)(F)F)cs3)=NCC2C1. The molecular weight excluding hydrogens is 383 g/mol. The molecule has 1 saturated heterocycles. The van der Waals surface area contributed by atoms with Crippen molar-refractivity contribution in [1.29, 1.82) is 0 Å². The van der Waals surface area contributed by atoms with Crippen LogP contribution in [0.3, 0.4) is 0 Å². The first-order valence-electron chi connectivity index (χ1n) is 8.57. The molecule has 0 aromatic carbocycles. The number of nitrogens with zero attached hydrogens (tertiary/aromatic N) is 4. The second-order valence-electron chi connectivity index (χ2n) is 7.42. The van der Waals surface area contributed by atoms with Crippen LogP contribution in [0.2, 0.25) is 0 Å². The number of alkyl halides is 3. The van der Waals surface area contributed by atoms with Crippen molar-refractivity contribution in [3.63, 3.8) is 0 Å². The Kier molecular flexibility index (Phi) is 5.24. The molecule has 0 spiro atoms.